The van der Waals surface area contributed by atoms with E-state index in [4.69, 9.17) is 11.6 Å². The van der Waals surface area contributed by atoms with E-state index in [1.807, 2.05) is 0 Å². The van der Waals surface area contributed by atoms with Crippen molar-refractivity contribution in [1.29, 1.82) is 0 Å². The van der Waals surface area contributed by atoms with Crippen molar-refractivity contribution in [2.24, 2.45) is 11.8 Å². The minimum Gasteiger partial charge on any atom is -0.262 e. The van der Waals surface area contributed by atoms with Gasteiger partial charge in [-0.25, -0.2) is 4.98 Å². The molecule has 70 valence electrons. The van der Waals surface area contributed by atoms with Crippen LogP contribution in [0.5, 0.6) is 0 Å². The van der Waals surface area contributed by atoms with E-state index >= 15 is 0 Å². The Labute approximate surface area is 81.9 Å². The highest BCUT2D eigenvalue weighted by Gasteiger charge is 2.41. The number of nitrogens with zero attached hydrogens (tertiary/aromatic N) is 2. The van der Waals surface area contributed by atoms with Gasteiger partial charge in [-0.3, -0.25) is 5.10 Å². The zero-order valence-corrected chi connectivity index (χ0v) is 8.09. The van der Waals surface area contributed by atoms with Crippen LogP contribution in [0.2, 0.25) is 5.28 Å². The van der Waals surface area contributed by atoms with Crippen LogP contribution in [0.25, 0.3) is 0 Å². The van der Waals surface area contributed by atoms with Crippen LogP contribution >= 0.6 is 11.6 Å². The Balaban J connectivity index is 1.87. The van der Waals surface area contributed by atoms with E-state index < -0.39 is 0 Å². The monoisotopic (exact) mass is 197 g/mol. The maximum atomic E-state index is 5.69. The van der Waals surface area contributed by atoms with E-state index in [2.05, 4.69) is 15.2 Å². The van der Waals surface area contributed by atoms with Gasteiger partial charge in [-0.2, -0.15) is 0 Å². The molecule has 0 radical (unpaired) electrons. The van der Waals surface area contributed by atoms with Crippen LogP contribution in [-0.4, -0.2) is 15.2 Å². The smallest absolute Gasteiger partial charge is 0.242 e. The van der Waals surface area contributed by atoms with Crippen molar-refractivity contribution in [3.8, 4) is 0 Å². The predicted octanol–water partition coefficient (Wildman–Crippen LogP) is 2.36. The molecule has 1 aromatic rings. The Kier molecular flexibility index (Phi) is 1.62. The zero-order valence-electron chi connectivity index (χ0n) is 7.33. The molecule has 0 saturated heterocycles. The Morgan fingerprint density at radius 2 is 2.23 bits per heavy atom. The Hall–Kier alpha value is -0.570. The van der Waals surface area contributed by atoms with Crippen molar-refractivity contribution in [3.63, 3.8) is 0 Å². The number of hydrogen-bond acceptors (Lipinski definition) is 2. The van der Waals surface area contributed by atoms with Crippen LogP contribution in [0, 0.1) is 11.8 Å². The summed E-state index contributed by atoms with van der Waals surface area (Å²) < 4.78 is 0. The van der Waals surface area contributed by atoms with Crippen LogP contribution in [0.15, 0.2) is 0 Å². The number of hydrogen-bond donors (Lipinski definition) is 1. The number of aromatic amines is 1. The summed E-state index contributed by atoms with van der Waals surface area (Å²) >= 11 is 5.69. The van der Waals surface area contributed by atoms with Crippen molar-refractivity contribution < 1.29 is 0 Å². The van der Waals surface area contributed by atoms with Gasteiger partial charge in [-0.1, -0.05) is 6.42 Å². The summed E-state index contributed by atoms with van der Waals surface area (Å²) in [6, 6.07) is 0. The van der Waals surface area contributed by atoms with E-state index in [-0.39, 0.29) is 0 Å². The summed E-state index contributed by atoms with van der Waals surface area (Å²) in [5, 5.41) is 7.17. The number of H-pyrrole nitrogens is 1. The lowest BCUT2D eigenvalue weighted by atomic mass is 9.88. The first kappa shape index (κ1) is 7.80. The zero-order chi connectivity index (χ0) is 8.84. The minimum absolute atomic E-state index is 0.359. The molecule has 3 rings (SSSR count). The summed E-state index contributed by atoms with van der Waals surface area (Å²) in [5.41, 5.74) is 0. The quantitative estimate of drug-likeness (QED) is 0.751. The first-order valence-corrected chi connectivity index (χ1v) is 5.28. The first-order valence-electron chi connectivity index (χ1n) is 4.90. The van der Waals surface area contributed by atoms with Gasteiger partial charge in [-0.15, -0.1) is 5.10 Å². The lowest BCUT2D eigenvalue weighted by molar-refractivity contribution is 0.406. The van der Waals surface area contributed by atoms with Crippen molar-refractivity contribution in [1.82, 2.24) is 15.2 Å². The third-order valence-electron chi connectivity index (χ3n) is 3.56. The lowest BCUT2D eigenvalue weighted by Crippen LogP contribution is -2.09. The van der Waals surface area contributed by atoms with Gasteiger partial charge in [0.05, 0.1) is 0 Å². The molecule has 1 aromatic heterocycles. The Bertz CT molecular complexity index is 322. The third kappa shape index (κ3) is 1.17. The molecule has 0 spiro atoms. The molecular formula is C9H12ClN3. The standard InChI is InChI=1S/C9H12ClN3/c10-9-11-8(12-13-9)7-4-5-1-2-6(7)3-5/h5-7H,1-4H2,(H,11,12,13). The van der Waals surface area contributed by atoms with Crippen LogP contribution in [0.1, 0.15) is 37.4 Å². The normalized spacial score (nSPS) is 37.2. The molecule has 0 aliphatic heterocycles. The molecule has 0 amide bonds. The number of rotatable bonds is 1. The first-order chi connectivity index (χ1) is 6.33. The number of aromatic nitrogens is 3. The molecule has 2 aliphatic rings. The fraction of sp³-hybridized carbons (Fsp3) is 0.778. The highest BCUT2D eigenvalue weighted by Crippen LogP contribution is 2.52. The minimum atomic E-state index is 0.359. The van der Waals surface area contributed by atoms with E-state index in [0.29, 0.717) is 11.2 Å². The van der Waals surface area contributed by atoms with Crippen molar-refractivity contribution in [2.75, 3.05) is 0 Å². The molecule has 13 heavy (non-hydrogen) atoms. The van der Waals surface area contributed by atoms with Gasteiger partial charge in [0.15, 0.2) is 0 Å². The number of halogens is 1. The molecule has 2 saturated carbocycles. The summed E-state index contributed by atoms with van der Waals surface area (Å²) in [6.45, 7) is 0. The second-order valence-electron chi connectivity index (χ2n) is 4.27. The van der Waals surface area contributed by atoms with E-state index in [0.717, 1.165) is 17.7 Å². The lowest BCUT2D eigenvalue weighted by Gasteiger charge is -2.18. The summed E-state index contributed by atoms with van der Waals surface area (Å²) in [5.74, 6) is 3.41. The van der Waals surface area contributed by atoms with Crippen molar-refractivity contribution >= 4 is 11.6 Å². The second-order valence-corrected chi connectivity index (χ2v) is 4.61. The average molecular weight is 198 g/mol. The van der Waals surface area contributed by atoms with E-state index in [1.54, 1.807) is 0 Å². The van der Waals surface area contributed by atoms with Gasteiger partial charge < -0.3 is 0 Å². The second kappa shape index (κ2) is 2.71. The summed E-state index contributed by atoms with van der Waals surface area (Å²) in [7, 11) is 0. The van der Waals surface area contributed by atoms with Gasteiger partial charge >= 0.3 is 0 Å². The number of fused-ring (bicyclic) bond motifs is 2. The molecule has 2 bridgehead atoms. The highest BCUT2D eigenvalue weighted by atomic mass is 35.5. The molecule has 1 heterocycles. The maximum absolute atomic E-state index is 5.69. The van der Waals surface area contributed by atoms with Crippen LogP contribution < -0.4 is 0 Å². The molecule has 1 N–H and O–H groups in total. The maximum Gasteiger partial charge on any atom is 0.242 e. The van der Waals surface area contributed by atoms with E-state index in [9.17, 15) is 0 Å². The molecule has 2 aliphatic carbocycles. The summed E-state index contributed by atoms with van der Waals surface area (Å²) in [6.07, 6.45) is 5.47. The fourth-order valence-corrected chi connectivity index (χ4v) is 3.13. The van der Waals surface area contributed by atoms with Crippen molar-refractivity contribution in [3.05, 3.63) is 11.1 Å². The van der Waals surface area contributed by atoms with Gasteiger partial charge in [0, 0.05) is 5.92 Å². The highest BCUT2D eigenvalue weighted by molar-refractivity contribution is 6.28. The van der Waals surface area contributed by atoms with Gasteiger partial charge in [0.1, 0.15) is 5.82 Å². The SMILES string of the molecule is Clc1n[nH]c(C2CC3CCC2C3)n1. The van der Waals surface area contributed by atoms with Gasteiger partial charge in [0.2, 0.25) is 5.28 Å². The topological polar surface area (TPSA) is 41.6 Å². The molecule has 2 fully saturated rings. The predicted molar refractivity (Wildman–Crippen MR) is 49.6 cm³/mol. The molecule has 3 atom stereocenters. The van der Waals surface area contributed by atoms with Gasteiger partial charge in [0.25, 0.3) is 0 Å². The molecule has 0 aromatic carbocycles. The third-order valence-corrected chi connectivity index (χ3v) is 3.73. The molecular weight excluding hydrogens is 186 g/mol. The number of nitrogens with one attached hydrogen (secondary N) is 1. The van der Waals surface area contributed by atoms with Crippen LogP contribution in [0.4, 0.5) is 0 Å². The van der Waals surface area contributed by atoms with Crippen molar-refractivity contribution in [2.45, 2.75) is 31.6 Å². The largest absolute Gasteiger partial charge is 0.262 e. The average Bonchev–Trinajstić information content (AvgIpc) is 2.77. The molecule has 3 nitrogen and oxygen atoms in total. The van der Waals surface area contributed by atoms with Gasteiger partial charge in [-0.05, 0) is 42.7 Å². The fourth-order valence-electron chi connectivity index (χ4n) is 3.00. The molecule has 4 heteroatoms. The van der Waals surface area contributed by atoms with E-state index in [1.165, 1.54) is 25.7 Å². The molecule has 3 unspecified atom stereocenters. The summed E-state index contributed by atoms with van der Waals surface area (Å²) in [4.78, 5) is 4.21. The van der Waals surface area contributed by atoms with Crippen LogP contribution in [0.3, 0.4) is 0 Å². The Morgan fingerprint density at radius 1 is 1.31 bits per heavy atom. The Morgan fingerprint density at radius 3 is 2.77 bits per heavy atom. The van der Waals surface area contributed by atoms with Crippen LogP contribution in [-0.2, 0) is 0 Å².